The van der Waals surface area contributed by atoms with E-state index in [4.69, 9.17) is 5.11 Å². The summed E-state index contributed by atoms with van der Waals surface area (Å²) in [4.78, 5) is 22.6. The Labute approximate surface area is 112 Å². The van der Waals surface area contributed by atoms with Crippen molar-refractivity contribution in [1.29, 1.82) is 0 Å². The summed E-state index contributed by atoms with van der Waals surface area (Å²) < 4.78 is 0. The van der Waals surface area contributed by atoms with Crippen molar-refractivity contribution in [2.45, 2.75) is 32.7 Å². The van der Waals surface area contributed by atoms with Gasteiger partial charge in [-0.05, 0) is 43.0 Å². The zero-order valence-electron chi connectivity index (χ0n) is 11.1. The van der Waals surface area contributed by atoms with Crippen molar-refractivity contribution in [3.8, 4) is 0 Å². The van der Waals surface area contributed by atoms with Gasteiger partial charge < -0.3 is 15.7 Å². The van der Waals surface area contributed by atoms with Gasteiger partial charge in [-0.15, -0.1) is 0 Å². The number of benzene rings is 1. The lowest BCUT2D eigenvalue weighted by Gasteiger charge is -2.10. The second-order valence-electron chi connectivity index (χ2n) is 4.94. The van der Waals surface area contributed by atoms with E-state index in [2.05, 4.69) is 17.6 Å². The summed E-state index contributed by atoms with van der Waals surface area (Å²) in [6, 6.07) is 4.69. The maximum atomic E-state index is 11.8. The van der Waals surface area contributed by atoms with Gasteiger partial charge in [0.05, 0.1) is 5.56 Å². The Morgan fingerprint density at radius 3 is 2.68 bits per heavy atom. The SMILES string of the molecule is CCC1CC1NC(=O)Nc1ccc(C(=O)O)cc1C. The van der Waals surface area contributed by atoms with Gasteiger partial charge in [0.25, 0.3) is 0 Å². The zero-order valence-corrected chi connectivity index (χ0v) is 11.1. The summed E-state index contributed by atoms with van der Waals surface area (Å²) in [5.41, 5.74) is 1.59. The number of amides is 2. The molecule has 0 bridgehead atoms. The Morgan fingerprint density at radius 2 is 2.16 bits per heavy atom. The van der Waals surface area contributed by atoms with E-state index in [9.17, 15) is 9.59 Å². The molecule has 0 aromatic heterocycles. The first-order valence-electron chi connectivity index (χ1n) is 6.42. The molecule has 2 unspecified atom stereocenters. The summed E-state index contributed by atoms with van der Waals surface area (Å²) in [6.45, 7) is 3.88. The fourth-order valence-corrected chi connectivity index (χ4v) is 2.14. The van der Waals surface area contributed by atoms with E-state index in [1.807, 2.05) is 0 Å². The number of carboxylic acid groups (broad SMARTS) is 1. The molecule has 2 atom stereocenters. The van der Waals surface area contributed by atoms with Crippen molar-refractivity contribution in [2.75, 3.05) is 5.32 Å². The smallest absolute Gasteiger partial charge is 0.335 e. The molecule has 2 amide bonds. The van der Waals surface area contributed by atoms with E-state index in [0.29, 0.717) is 11.6 Å². The lowest BCUT2D eigenvalue weighted by molar-refractivity contribution is 0.0697. The third kappa shape index (κ3) is 3.24. The van der Waals surface area contributed by atoms with Gasteiger partial charge in [-0.25, -0.2) is 9.59 Å². The molecule has 2 rings (SSSR count). The molecule has 5 nitrogen and oxygen atoms in total. The third-order valence-electron chi connectivity index (χ3n) is 3.49. The molecule has 0 spiro atoms. The largest absolute Gasteiger partial charge is 0.478 e. The number of hydrogen-bond acceptors (Lipinski definition) is 2. The minimum atomic E-state index is -0.970. The minimum Gasteiger partial charge on any atom is -0.478 e. The van der Waals surface area contributed by atoms with E-state index >= 15 is 0 Å². The van der Waals surface area contributed by atoms with Crippen molar-refractivity contribution in [2.24, 2.45) is 5.92 Å². The number of urea groups is 1. The highest BCUT2D eigenvalue weighted by Gasteiger charge is 2.36. The first kappa shape index (κ1) is 13.4. The normalized spacial score (nSPS) is 20.7. The van der Waals surface area contributed by atoms with Crippen LogP contribution in [0.5, 0.6) is 0 Å². The number of carbonyl (C=O) groups excluding carboxylic acids is 1. The van der Waals surface area contributed by atoms with Crippen LogP contribution < -0.4 is 10.6 Å². The van der Waals surface area contributed by atoms with Crippen LogP contribution in [0.1, 0.15) is 35.7 Å². The highest BCUT2D eigenvalue weighted by Crippen LogP contribution is 2.33. The van der Waals surface area contributed by atoms with Gasteiger partial charge in [-0.2, -0.15) is 0 Å². The number of carbonyl (C=O) groups is 2. The van der Waals surface area contributed by atoms with E-state index in [1.54, 1.807) is 19.1 Å². The summed E-state index contributed by atoms with van der Waals surface area (Å²) >= 11 is 0. The Balaban J connectivity index is 1.95. The fourth-order valence-electron chi connectivity index (χ4n) is 2.14. The Kier molecular flexibility index (Phi) is 3.74. The lowest BCUT2D eigenvalue weighted by atomic mass is 10.1. The number of hydrogen-bond donors (Lipinski definition) is 3. The van der Waals surface area contributed by atoms with Gasteiger partial charge in [0.1, 0.15) is 0 Å². The summed E-state index contributed by atoms with van der Waals surface area (Å²) in [5.74, 6) is -0.371. The molecule has 0 aliphatic heterocycles. The first-order chi connectivity index (χ1) is 9.01. The number of aromatic carboxylic acids is 1. The molecule has 0 heterocycles. The van der Waals surface area contributed by atoms with E-state index < -0.39 is 5.97 Å². The Morgan fingerprint density at radius 1 is 1.42 bits per heavy atom. The number of rotatable bonds is 4. The van der Waals surface area contributed by atoms with Gasteiger partial charge in [0.2, 0.25) is 0 Å². The summed E-state index contributed by atoms with van der Waals surface area (Å²) in [7, 11) is 0. The van der Waals surface area contributed by atoms with Crippen molar-refractivity contribution in [3.63, 3.8) is 0 Å². The number of nitrogens with one attached hydrogen (secondary N) is 2. The number of anilines is 1. The molecule has 1 fully saturated rings. The topological polar surface area (TPSA) is 78.4 Å². The van der Waals surface area contributed by atoms with Crippen LogP contribution in [0.25, 0.3) is 0 Å². The highest BCUT2D eigenvalue weighted by atomic mass is 16.4. The van der Waals surface area contributed by atoms with Crippen LogP contribution in [0.4, 0.5) is 10.5 Å². The van der Waals surface area contributed by atoms with Crippen LogP contribution in [-0.4, -0.2) is 23.1 Å². The maximum Gasteiger partial charge on any atom is 0.335 e. The van der Waals surface area contributed by atoms with Gasteiger partial charge in [0, 0.05) is 11.7 Å². The molecule has 5 heteroatoms. The van der Waals surface area contributed by atoms with Gasteiger partial charge in [-0.3, -0.25) is 0 Å². The fraction of sp³-hybridized carbons (Fsp3) is 0.429. The van der Waals surface area contributed by atoms with Crippen LogP contribution in [0.2, 0.25) is 0 Å². The highest BCUT2D eigenvalue weighted by molar-refractivity contribution is 5.92. The number of carboxylic acids is 1. The molecule has 0 radical (unpaired) electrons. The van der Waals surface area contributed by atoms with Gasteiger partial charge in [0.15, 0.2) is 0 Å². The standard InChI is InChI=1S/C14H18N2O3/c1-3-9-7-12(9)16-14(19)15-11-5-4-10(13(17)18)6-8(11)2/h4-6,9,12H,3,7H2,1-2H3,(H,17,18)(H2,15,16,19). The van der Waals surface area contributed by atoms with Crippen molar-refractivity contribution < 1.29 is 14.7 Å². The molecule has 1 aliphatic carbocycles. The average Bonchev–Trinajstić information content (AvgIpc) is 3.09. The molecule has 1 aromatic carbocycles. The van der Waals surface area contributed by atoms with Crippen LogP contribution >= 0.6 is 0 Å². The predicted molar refractivity (Wildman–Crippen MR) is 72.5 cm³/mol. The van der Waals surface area contributed by atoms with Crippen LogP contribution in [-0.2, 0) is 0 Å². The van der Waals surface area contributed by atoms with Crippen LogP contribution in [0.15, 0.2) is 18.2 Å². The zero-order chi connectivity index (χ0) is 14.0. The van der Waals surface area contributed by atoms with Gasteiger partial charge in [-0.1, -0.05) is 13.3 Å². The summed E-state index contributed by atoms with van der Waals surface area (Å²) in [6.07, 6.45) is 2.12. The second kappa shape index (κ2) is 5.30. The molecular weight excluding hydrogens is 244 g/mol. The molecular formula is C14H18N2O3. The molecule has 1 aromatic rings. The van der Waals surface area contributed by atoms with Gasteiger partial charge >= 0.3 is 12.0 Å². The van der Waals surface area contributed by atoms with Crippen molar-refractivity contribution in [1.82, 2.24) is 5.32 Å². The van der Waals surface area contributed by atoms with Crippen molar-refractivity contribution in [3.05, 3.63) is 29.3 Å². The predicted octanol–water partition coefficient (Wildman–Crippen LogP) is 2.61. The second-order valence-corrected chi connectivity index (χ2v) is 4.94. The lowest BCUT2D eigenvalue weighted by Crippen LogP contribution is -2.31. The minimum absolute atomic E-state index is 0.219. The third-order valence-corrected chi connectivity index (χ3v) is 3.49. The molecule has 102 valence electrons. The average molecular weight is 262 g/mol. The van der Waals surface area contributed by atoms with Crippen molar-refractivity contribution >= 4 is 17.7 Å². The summed E-state index contributed by atoms with van der Waals surface area (Å²) in [5, 5.41) is 14.5. The Bertz CT molecular complexity index is 513. The molecule has 0 saturated heterocycles. The molecule has 1 saturated carbocycles. The molecule has 19 heavy (non-hydrogen) atoms. The monoisotopic (exact) mass is 262 g/mol. The quantitative estimate of drug-likeness (QED) is 0.780. The first-order valence-corrected chi connectivity index (χ1v) is 6.42. The Hall–Kier alpha value is -2.04. The van der Waals surface area contributed by atoms with E-state index in [-0.39, 0.29) is 17.6 Å². The van der Waals surface area contributed by atoms with Crippen LogP contribution in [0, 0.1) is 12.8 Å². The maximum absolute atomic E-state index is 11.8. The van der Waals surface area contributed by atoms with E-state index in [1.165, 1.54) is 6.07 Å². The molecule has 3 N–H and O–H groups in total. The van der Waals surface area contributed by atoms with Crippen LogP contribution in [0.3, 0.4) is 0 Å². The number of aryl methyl sites for hydroxylation is 1. The molecule has 1 aliphatic rings. The van der Waals surface area contributed by atoms with E-state index in [0.717, 1.165) is 18.4 Å².